The molecule has 2 N–H and O–H groups in total. The largest absolute Gasteiger partial charge is 0.494 e. The maximum atomic E-state index is 5.43. The maximum absolute atomic E-state index is 5.43. The molecule has 0 amide bonds. The third kappa shape index (κ3) is 3.06. The van der Waals surface area contributed by atoms with E-state index in [4.69, 9.17) is 17.0 Å². The van der Waals surface area contributed by atoms with Crippen LogP contribution in [0.1, 0.15) is 32.6 Å². The van der Waals surface area contributed by atoms with E-state index in [0.717, 1.165) is 28.4 Å². The summed E-state index contributed by atoms with van der Waals surface area (Å²) in [7, 11) is 0. The quantitative estimate of drug-likeness (QED) is 0.831. The lowest BCUT2D eigenvalue weighted by Gasteiger charge is -2.24. The van der Waals surface area contributed by atoms with Gasteiger partial charge in [0.2, 0.25) is 0 Å². The molecule has 20 heavy (non-hydrogen) atoms. The van der Waals surface area contributed by atoms with Crippen LogP contribution in [-0.4, -0.2) is 17.8 Å². The van der Waals surface area contributed by atoms with Crippen molar-refractivity contribution in [1.29, 1.82) is 0 Å². The van der Waals surface area contributed by atoms with Gasteiger partial charge in [-0.2, -0.15) is 0 Å². The average Bonchev–Trinajstić information content (AvgIpc) is 3.03. The highest BCUT2D eigenvalue weighted by Gasteiger charge is 2.39. The van der Waals surface area contributed by atoms with E-state index in [2.05, 4.69) is 10.6 Å². The molecule has 0 aromatic heterocycles. The van der Waals surface area contributed by atoms with E-state index >= 15 is 0 Å². The van der Waals surface area contributed by atoms with E-state index < -0.39 is 0 Å². The van der Waals surface area contributed by atoms with E-state index in [1.54, 1.807) is 0 Å². The van der Waals surface area contributed by atoms with Crippen LogP contribution >= 0.6 is 12.2 Å². The van der Waals surface area contributed by atoms with Crippen molar-refractivity contribution in [3.05, 3.63) is 24.3 Å². The Morgan fingerprint density at radius 3 is 2.65 bits per heavy atom. The van der Waals surface area contributed by atoms with Crippen molar-refractivity contribution >= 4 is 23.0 Å². The zero-order valence-electron chi connectivity index (χ0n) is 11.9. The van der Waals surface area contributed by atoms with Crippen molar-refractivity contribution in [2.45, 2.75) is 38.6 Å². The summed E-state index contributed by atoms with van der Waals surface area (Å²) >= 11 is 5.42. The molecule has 0 saturated heterocycles. The molecule has 2 bridgehead atoms. The molecule has 2 saturated carbocycles. The second kappa shape index (κ2) is 6.00. The molecule has 0 unspecified atom stereocenters. The molecule has 1 aromatic carbocycles. The lowest BCUT2D eigenvalue weighted by atomic mass is 9.96. The van der Waals surface area contributed by atoms with Gasteiger partial charge in [-0.25, -0.2) is 0 Å². The molecular weight excluding hydrogens is 268 g/mol. The Bertz CT molecular complexity index is 474. The number of nitrogens with one attached hydrogen (secondary N) is 2. The third-order valence-corrected chi connectivity index (χ3v) is 4.70. The van der Waals surface area contributed by atoms with Gasteiger partial charge in [0.15, 0.2) is 5.11 Å². The fourth-order valence-electron chi connectivity index (χ4n) is 3.56. The molecule has 2 fully saturated rings. The Hall–Kier alpha value is -1.29. The number of thiocarbonyl (C=S) groups is 1. The first-order valence-corrected chi connectivity index (χ1v) is 7.96. The molecule has 0 aliphatic heterocycles. The monoisotopic (exact) mass is 290 g/mol. The normalized spacial score (nSPS) is 27.4. The van der Waals surface area contributed by atoms with Crippen LogP contribution in [0, 0.1) is 11.8 Å². The Balaban J connectivity index is 1.51. The third-order valence-electron chi connectivity index (χ3n) is 4.48. The summed E-state index contributed by atoms with van der Waals surface area (Å²) in [5, 5.41) is 7.49. The number of ether oxygens (including phenoxy) is 1. The number of fused-ring (bicyclic) bond motifs is 2. The number of rotatable bonds is 4. The molecular formula is C16H22N2OS. The highest BCUT2D eigenvalue weighted by Crippen LogP contribution is 2.44. The Morgan fingerprint density at radius 2 is 2.05 bits per heavy atom. The van der Waals surface area contributed by atoms with Crippen LogP contribution in [0.25, 0.3) is 0 Å². The van der Waals surface area contributed by atoms with E-state index in [1.165, 1.54) is 25.7 Å². The Kier molecular flexibility index (Phi) is 4.10. The van der Waals surface area contributed by atoms with E-state index in [9.17, 15) is 0 Å². The number of hydrogen-bond donors (Lipinski definition) is 2. The molecule has 3 atom stereocenters. The molecule has 0 heterocycles. The summed E-state index contributed by atoms with van der Waals surface area (Å²) in [5.41, 5.74) is 1.01. The van der Waals surface area contributed by atoms with Crippen molar-refractivity contribution in [3.8, 4) is 5.75 Å². The number of hydrogen-bond acceptors (Lipinski definition) is 2. The van der Waals surface area contributed by atoms with Gasteiger partial charge < -0.3 is 15.4 Å². The van der Waals surface area contributed by atoms with E-state index in [1.807, 2.05) is 31.2 Å². The molecule has 1 aromatic rings. The molecule has 3 rings (SSSR count). The van der Waals surface area contributed by atoms with Crippen LogP contribution in [0.15, 0.2) is 24.3 Å². The fourth-order valence-corrected chi connectivity index (χ4v) is 3.83. The summed E-state index contributed by atoms with van der Waals surface area (Å²) < 4.78 is 5.43. The SMILES string of the molecule is CCOc1ccc(NC(=S)N[C@H]2C[C@H]3CC[C@H]2C3)cc1. The van der Waals surface area contributed by atoms with Crippen LogP contribution < -0.4 is 15.4 Å². The van der Waals surface area contributed by atoms with Gasteiger partial charge in [0, 0.05) is 11.7 Å². The molecule has 108 valence electrons. The number of anilines is 1. The standard InChI is InChI=1S/C16H22N2OS/c1-2-19-14-7-5-13(6-8-14)17-16(20)18-15-10-11-3-4-12(15)9-11/h5-8,11-12,15H,2-4,9-10H2,1H3,(H2,17,18,20)/t11-,12-,15-/m0/s1. The van der Waals surface area contributed by atoms with Gasteiger partial charge in [-0.05, 0) is 74.5 Å². The molecule has 4 heteroatoms. The fraction of sp³-hybridized carbons (Fsp3) is 0.562. The lowest BCUT2D eigenvalue weighted by molar-refractivity contribution is 0.340. The average molecular weight is 290 g/mol. The second-order valence-electron chi connectivity index (χ2n) is 5.84. The van der Waals surface area contributed by atoms with Crippen molar-refractivity contribution in [2.24, 2.45) is 11.8 Å². The van der Waals surface area contributed by atoms with Gasteiger partial charge in [0.25, 0.3) is 0 Å². The minimum absolute atomic E-state index is 0.580. The van der Waals surface area contributed by atoms with Gasteiger partial charge in [0.1, 0.15) is 5.75 Å². The molecule has 3 nitrogen and oxygen atoms in total. The van der Waals surface area contributed by atoms with Crippen LogP contribution in [0.4, 0.5) is 5.69 Å². The Labute approximate surface area is 126 Å². The summed E-state index contributed by atoms with van der Waals surface area (Å²) in [6, 6.07) is 8.51. The predicted molar refractivity (Wildman–Crippen MR) is 86.2 cm³/mol. The van der Waals surface area contributed by atoms with Crippen LogP contribution in [0.2, 0.25) is 0 Å². The predicted octanol–water partition coefficient (Wildman–Crippen LogP) is 3.56. The first-order valence-electron chi connectivity index (χ1n) is 7.55. The first-order chi connectivity index (χ1) is 9.74. The van der Waals surface area contributed by atoms with Crippen molar-refractivity contribution in [2.75, 3.05) is 11.9 Å². The highest BCUT2D eigenvalue weighted by atomic mass is 32.1. The number of benzene rings is 1. The molecule has 2 aliphatic rings. The minimum atomic E-state index is 0.580. The molecule has 2 aliphatic carbocycles. The van der Waals surface area contributed by atoms with Crippen molar-refractivity contribution in [1.82, 2.24) is 5.32 Å². The lowest BCUT2D eigenvalue weighted by Crippen LogP contribution is -2.40. The highest BCUT2D eigenvalue weighted by molar-refractivity contribution is 7.80. The van der Waals surface area contributed by atoms with Gasteiger partial charge in [-0.3, -0.25) is 0 Å². The topological polar surface area (TPSA) is 33.3 Å². The van der Waals surface area contributed by atoms with E-state index in [0.29, 0.717) is 12.6 Å². The summed E-state index contributed by atoms with van der Waals surface area (Å²) in [6.07, 6.45) is 5.47. The van der Waals surface area contributed by atoms with Crippen LogP contribution in [0.3, 0.4) is 0 Å². The van der Waals surface area contributed by atoms with Crippen LogP contribution in [-0.2, 0) is 0 Å². The van der Waals surface area contributed by atoms with Crippen LogP contribution in [0.5, 0.6) is 5.75 Å². The first kappa shape index (κ1) is 13.7. The summed E-state index contributed by atoms with van der Waals surface area (Å²) in [6.45, 7) is 2.68. The maximum Gasteiger partial charge on any atom is 0.171 e. The van der Waals surface area contributed by atoms with Gasteiger partial charge in [-0.15, -0.1) is 0 Å². The summed E-state index contributed by atoms with van der Waals surface area (Å²) in [5.74, 6) is 2.66. The van der Waals surface area contributed by atoms with Gasteiger partial charge in [0.05, 0.1) is 6.61 Å². The van der Waals surface area contributed by atoms with E-state index in [-0.39, 0.29) is 0 Å². The minimum Gasteiger partial charge on any atom is -0.494 e. The zero-order chi connectivity index (χ0) is 13.9. The van der Waals surface area contributed by atoms with Gasteiger partial charge in [-0.1, -0.05) is 6.42 Å². The van der Waals surface area contributed by atoms with Crippen molar-refractivity contribution in [3.63, 3.8) is 0 Å². The Morgan fingerprint density at radius 1 is 1.25 bits per heavy atom. The van der Waals surface area contributed by atoms with Gasteiger partial charge >= 0.3 is 0 Å². The molecule has 0 radical (unpaired) electrons. The summed E-state index contributed by atoms with van der Waals surface area (Å²) in [4.78, 5) is 0. The van der Waals surface area contributed by atoms with Crippen molar-refractivity contribution < 1.29 is 4.74 Å². The second-order valence-corrected chi connectivity index (χ2v) is 6.25. The zero-order valence-corrected chi connectivity index (χ0v) is 12.7. The molecule has 0 spiro atoms. The smallest absolute Gasteiger partial charge is 0.171 e.